The first kappa shape index (κ1) is 20.1. The van der Waals surface area contributed by atoms with Crippen LogP contribution in [0.4, 0.5) is 0 Å². The molecule has 2 fully saturated rings. The van der Waals surface area contributed by atoms with Gasteiger partial charge in [-0.25, -0.2) is 0 Å². The van der Waals surface area contributed by atoms with E-state index in [0.29, 0.717) is 18.2 Å². The molecule has 1 aromatic carbocycles. The second-order valence-corrected chi connectivity index (χ2v) is 9.20. The van der Waals surface area contributed by atoms with E-state index in [1.54, 1.807) is 0 Å². The summed E-state index contributed by atoms with van der Waals surface area (Å²) in [5, 5.41) is 7.84. The molecule has 1 aromatic heterocycles. The van der Waals surface area contributed by atoms with Gasteiger partial charge in [-0.1, -0.05) is 24.3 Å². The number of hydrogen-bond acceptors (Lipinski definition) is 4. The second-order valence-electron chi connectivity index (χ2n) is 9.20. The average Bonchev–Trinajstić information content (AvgIpc) is 3.44. The average molecular weight is 397 g/mol. The largest absolute Gasteiger partial charge is 0.379 e. The van der Waals surface area contributed by atoms with Gasteiger partial charge in [-0.05, 0) is 50.8 Å². The van der Waals surface area contributed by atoms with Crippen molar-refractivity contribution in [1.82, 2.24) is 20.0 Å². The van der Waals surface area contributed by atoms with Crippen molar-refractivity contribution in [1.29, 1.82) is 0 Å². The highest BCUT2D eigenvalue weighted by Crippen LogP contribution is 2.40. The number of rotatable bonds is 6. The van der Waals surface area contributed by atoms with Crippen LogP contribution in [0.5, 0.6) is 0 Å². The highest BCUT2D eigenvalue weighted by atomic mass is 16.5. The van der Waals surface area contributed by atoms with Gasteiger partial charge < -0.3 is 10.1 Å². The number of carbonyl (C=O) groups is 1. The first-order valence-corrected chi connectivity index (χ1v) is 10.7. The highest BCUT2D eigenvalue weighted by molar-refractivity contribution is 5.92. The zero-order valence-corrected chi connectivity index (χ0v) is 17.8. The molecule has 1 N–H and O–H groups in total. The van der Waals surface area contributed by atoms with E-state index in [2.05, 4.69) is 55.3 Å². The van der Waals surface area contributed by atoms with Crippen LogP contribution in [0.15, 0.2) is 30.3 Å². The maximum absolute atomic E-state index is 12.9. The number of nitrogens with zero attached hydrogens (tertiary/aromatic N) is 3. The Morgan fingerprint density at radius 1 is 1.17 bits per heavy atom. The second kappa shape index (κ2) is 8.28. The number of hydrogen-bond donors (Lipinski definition) is 1. The SMILES string of the molecule is CC(C)(C)n1nc(C2CC2)cc1C(=O)NCc1cccc(CN2CCOCC2)c1. The Bertz CT molecular complexity index is 858. The molecule has 0 unspecified atom stereocenters. The minimum atomic E-state index is -0.224. The van der Waals surface area contributed by atoms with Gasteiger partial charge in [0.05, 0.1) is 24.4 Å². The molecule has 1 aliphatic heterocycles. The Labute approximate surface area is 173 Å². The fourth-order valence-electron chi connectivity index (χ4n) is 3.78. The minimum absolute atomic E-state index is 0.0575. The molecule has 2 aromatic rings. The molecule has 156 valence electrons. The predicted molar refractivity (Wildman–Crippen MR) is 113 cm³/mol. The number of morpholine rings is 1. The van der Waals surface area contributed by atoms with Crippen molar-refractivity contribution < 1.29 is 9.53 Å². The van der Waals surface area contributed by atoms with E-state index in [1.165, 1.54) is 18.4 Å². The molecule has 1 saturated heterocycles. The van der Waals surface area contributed by atoms with Crippen molar-refractivity contribution >= 4 is 5.91 Å². The molecular weight excluding hydrogens is 364 g/mol. The van der Waals surface area contributed by atoms with Crippen LogP contribution in [-0.2, 0) is 23.4 Å². The van der Waals surface area contributed by atoms with E-state index < -0.39 is 0 Å². The van der Waals surface area contributed by atoms with Crippen LogP contribution >= 0.6 is 0 Å². The standard InChI is InChI=1S/C23H32N4O2/c1-23(2,3)27-21(14-20(25-27)19-7-8-19)22(28)24-15-17-5-4-6-18(13-17)16-26-9-11-29-12-10-26/h4-6,13-14,19H,7-12,15-16H2,1-3H3,(H,24,28). The van der Waals surface area contributed by atoms with Crippen molar-refractivity contribution in [2.45, 2.75) is 58.2 Å². The third-order valence-corrected chi connectivity index (χ3v) is 5.55. The van der Waals surface area contributed by atoms with Gasteiger partial charge in [0.2, 0.25) is 0 Å². The monoisotopic (exact) mass is 396 g/mol. The molecular formula is C23H32N4O2. The van der Waals surface area contributed by atoms with Crippen LogP contribution in [-0.4, -0.2) is 46.9 Å². The number of aromatic nitrogens is 2. The summed E-state index contributed by atoms with van der Waals surface area (Å²) in [6, 6.07) is 10.5. The van der Waals surface area contributed by atoms with Gasteiger partial charge in [0.1, 0.15) is 5.69 Å². The van der Waals surface area contributed by atoms with Crippen molar-refractivity contribution in [2.75, 3.05) is 26.3 Å². The van der Waals surface area contributed by atoms with Gasteiger partial charge in [0.25, 0.3) is 5.91 Å². The van der Waals surface area contributed by atoms with Gasteiger partial charge in [0.15, 0.2) is 0 Å². The number of amides is 1. The number of carbonyl (C=O) groups excluding carboxylic acids is 1. The minimum Gasteiger partial charge on any atom is -0.379 e. The van der Waals surface area contributed by atoms with Gasteiger partial charge in [-0.15, -0.1) is 0 Å². The first-order chi connectivity index (χ1) is 13.9. The molecule has 0 bridgehead atoms. The lowest BCUT2D eigenvalue weighted by atomic mass is 10.1. The zero-order valence-electron chi connectivity index (χ0n) is 17.8. The molecule has 2 aliphatic rings. The predicted octanol–water partition coefficient (Wildman–Crippen LogP) is 3.28. The summed E-state index contributed by atoms with van der Waals surface area (Å²) in [5.41, 5.74) is 3.88. The fourth-order valence-corrected chi connectivity index (χ4v) is 3.78. The van der Waals surface area contributed by atoms with Crippen molar-refractivity contribution in [2.24, 2.45) is 0 Å². The van der Waals surface area contributed by atoms with Crippen LogP contribution in [0, 0.1) is 0 Å². The molecule has 4 rings (SSSR count). The third kappa shape index (κ3) is 5.06. The van der Waals surface area contributed by atoms with E-state index in [-0.39, 0.29) is 11.4 Å². The number of benzene rings is 1. The van der Waals surface area contributed by atoms with Gasteiger partial charge in [0, 0.05) is 32.1 Å². The lowest BCUT2D eigenvalue weighted by Gasteiger charge is -2.26. The van der Waals surface area contributed by atoms with E-state index in [9.17, 15) is 4.79 Å². The summed E-state index contributed by atoms with van der Waals surface area (Å²) in [5.74, 6) is 0.472. The zero-order chi connectivity index (χ0) is 20.4. The first-order valence-electron chi connectivity index (χ1n) is 10.7. The Balaban J connectivity index is 1.41. The van der Waals surface area contributed by atoms with E-state index >= 15 is 0 Å². The van der Waals surface area contributed by atoms with Crippen LogP contribution in [0.25, 0.3) is 0 Å². The van der Waals surface area contributed by atoms with Gasteiger partial charge >= 0.3 is 0 Å². The molecule has 1 aliphatic carbocycles. The summed E-state index contributed by atoms with van der Waals surface area (Å²) in [6.45, 7) is 11.3. The molecule has 1 saturated carbocycles. The van der Waals surface area contributed by atoms with Crippen LogP contribution in [0.3, 0.4) is 0 Å². The van der Waals surface area contributed by atoms with Crippen molar-refractivity contribution in [3.05, 3.63) is 52.8 Å². The van der Waals surface area contributed by atoms with Gasteiger partial charge in [-0.2, -0.15) is 5.10 Å². The highest BCUT2D eigenvalue weighted by Gasteiger charge is 2.31. The number of nitrogens with one attached hydrogen (secondary N) is 1. The quantitative estimate of drug-likeness (QED) is 0.814. The summed E-state index contributed by atoms with van der Waals surface area (Å²) >= 11 is 0. The Kier molecular flexibility index (Phi) is 5.74. The van der Waals surface area contributed by atoms with Gasteiger partial charge in [-0.3, -0.25) is 14.4 Å². The summed E-state index contributed by atoms with van der Waals surface area (Å²) in [6.07, 6.45) is 2.36. The van der Waals surface area contributed by atoms with E-state index in [4.69, 9.17) is 9.84 Å². The van der Waals surface area contributed by atoms with Crippen molar-refractivity contribution in [3.63, 3.8) is 0 Å². The Morgan fingerprint density at radius 3 is 2.59 bits per heavy atom. The smallest absolute Gasteiger partial charge is 0.269 e. The molecule has 1 amide bonds. The van der Waals surface area contributed by atoms with E-state index in [1.807, 2.05) is 10.7 Å². The molecule has 2 heterocycles. The molecule has 0 radical (unpaired) electrons. The summed E-state index contributed by atoms with van der Waals surface area (Å²) in [7, 11) is 0. The molecule has 6 nitrogen and oxygen atoms in total. The van der Waals surface area contributed by atoms with Crippen LogP contribution in [0.2, 0.25) is 0 Å². The lowest BCUT2D eigenvalue weighted by molar-refractivity contribution is 0.0342. The summed E-state index contributed by atoms with van der Waals surface area (Å²) < 4.78 is 7.31. The van der Waals surface area contributed by atoms with Crippen LogP contribution in [0.1, 0.15) is 66.8 Å². The molecule has 6 heteroatoms. The Hall–Kier alpha value is -2.18. The maximum Gasteiger partial charge on any atom is 0.269 e. The van der Waals surface area contributed by atoms with E-state index in [0.717, 1.165) is 44.1 Å². The van der Waals surface area contributed by atoms with Crippen molar-refractivity contribution in [3.8, 4) is 0 Å². The van der Waals surface area contributed by atoms with Crippen LogP contribution < -0.4 is 5.32 Å². The summed E-state index contributed by atoms with van der Waals surface area (Å²) in [4.78, 5) is 15.4. The topological polar surface area (TPSA) is 59.4 Å². The fraction of sp³-hybridized carbons (Fsp3) is 0.565. The molecule has 29 heavy (non-hydrogen) atoms. The third-order valence-electron chi connectivity index (χ3n) is 5.55. The maximum atomic E-state index is 12.9. The number of ether oxygens (including phenoxy) is 1. The lowest BCUT2D eigenvalue weighted by Crippen LogP contribution is -2.35. The molecule has 0 spiro atoms. The Morgan fingerprint density at radius 2 is 1.90 bits per heavy atom. The normalized spacial score (nSPS) is 18.0. The molecule has 0 atom stereocenters.